The summed E-state index contributed by atoms with van der Waals surface area (Å²) in [5.74, 6) is -55.2. The monoisotopic (exact) mass is 460 g/mol. The zero-order chi connectivity index (χ0) is 23.6. The summed E-state index contributed by atoms with van der Waals surface area (Å²) in [7, 11) is 0. The van der Waals surface area contributed by atoms with Crippen LogP contribution in [0.1, 0.15) is 13.8 Å². The van der Waals surface area contributed by atoms with Crippen molar-refractivity contribution in [3.05, 3.63) is 0 Å². The van der Waals surface area contributed by atoms with Gasteiger partial charge in [-0.25, -0.2) is 8.78 Å². The van der Waals surface area contributed by atoms with Crippen LogP contribution in [0.25, 0.3) is 0 Å². The van der Waals surface area contributed by atoms with Crippen molar-refractivity contribution < 1.29 is 75.4 Å². The SMILES string of the molecule is CC(C)(O)C(F)(F)C(F)(F)C(F)(F)C(F)(F)C(F)(F)C(F)(F)C(F)(F)C(F)F. The van der Waals surface area contributed by atoms with E-state index in [-0.39, 0.29) is 0 Å². The number of rotatable bonds is 8. The average molecular weight is 460 g/mol. The Labute approximate surface area is 144 Å². The highest BCUT2D eigenvalue weighted by molar-refractivity contribution is 5.16. The molecule has 0 aromatic heterocycles. The van der Waals surface area contributed by atoms with Gasteiger partial charge in [0.2, 0.25) is 0 Å². The normalized spacial score (nSPS) is 16.7. The Morgan fingerprint density at radius 3 is 0.893 bits per heavy atom. The van der Waals surface area contributed by atoms with Crippen LogP contribution in [0, 0.1) is 0 Å². The van der Waals surface area contributed by atoms with E-state index in [4.69, 9.17) is 5.11 Å². The molecule has 170 valence electrons. The van der Waals surface area contributed by atoms with Gasteiger partial charge in [0, 0.05) is 0 Å². The molecule has 0 amide bonds. The summed E-state index contributed by atoms with van der Waals surface area (Å²) in [5, 5.41) is 8.71. The first kappa shape index (κ1) is 26.8. The van der Waals surface area contributed by atoms with E-state index in [9.17, 15) is 70.2 Å². The van der Waals surface area contributed by atoms with Crippen molar-refractivity contribution in [3.8, 4) is 0 Å². The highest BCUT2D eigenvalue weighted by Crippen LogP contribution is 2.63. The van der Waals surface area contributed by atoms with Gasteiger partial charge in [-0.05, 0) is 13.8 Å². The van der Waals surface area contributed by atoms with Crippen LogP contribution in [-0.4, -0.2) is 58.6 Å². The second-order valence-electron chi connectivity index (χ2n) is 5.93. The molecule has 0 aliphatic carbocycles. The summed E-state index contributed by atoms with van der Waals surface area (Å²) in [6.45, 7) is -0.792. The third-order valence-corrected chi connectivity index (χ3v) is 3.43. The minimum absolute atomic E-state index is 0.396. The molecule has 0 aliphatic heterocycles. The lowest BCUT2D eigenvalue weighted by Crippen LogP contribution is -2.75. The molecule has 0 bridgehead atoms. The zero-order valence-electron chi connectivity index (χ0n) is 13.1. The van der Waals surface area contributed by atoms with E-state index < -0.39 is 67.3 Å². The maximum atomic E-state index is 13.3. The molecule has 0 spiro atoms. The van der Waals surface area contributed by atoms with Crippen LogP contribution >= 0.6 is 0 Å². The van der Waals surface area contributed by atoms with Crippen molar-refractivity contribution in [1.29, 1.82) is 0 Å². The largest absolute Gasteiger partial charge is 0.385 e. The zero-order valence-corrected chi connectivity index (χ0v) is 13.1. The van der Waals surface area contributed by atoms with E-state index in [1.54, 1.807) is 0 Å². The Kier molecular flexibility index (Phi) is 6.15. The molecular formula is C11H8F16O. The summed E-state index contributed by atoms with van der Waals surface area (Å²) < 4.78 is 207. The molecule has 0 unspecified atom stereocenters. The van der Waals surface area contributed by atoms with Crippen molar-refractivity contribution in [2.24, 2.45) is 0 Å². The Morgan fingerprint density at radius 1 is 0.464 bits per heavy atom. The maximum absolute atomic E-state index is 13.3. The molecule has 0 aromatic carbocycles. The number of aliphatic hydroxyl groups is 1. The Bertz CT molecular complexity index is 572. The molecule has 0 heterocycles. The number of alkyl halides is 16. The smallest absolute Gasteiger partial charge is 0.384 e. The van der Waals surface area contributed by atoms with Gasteiger partial charge in [0.15, 0.2) is 0 Å². The van der Waals surface area contributed by atoms with E-state index in [1.807, 2.05) is 0 Å². The third-order valence-electron chi connectivity index (χ3n) is 3.43. The fourth-order valence-electron chi connectivity index (χ4n) is 1.52. The van der Waals surface area contributed by atoms with Gasteiger partial charge in [-0.15, -0.1) is 0 Å². The molecule has 1 N–H and O–H groups in total. The van der Waals surface area contributed by atoms with Crippen molar-refractivity contribution in [1.82, 2.24) is 0 Å². The van der Waals surface area contributed by atoms with Crippen molar-refractivity contribution in [3.63, 3.8) is 0 Å². The van der Waals surface area contributed by atoms with E-state index in [0.717, 1.165) is 0 Å². The minimum atomic E-state index is -8.44. The van der Waals surface area contributed by atoms with E-state index in [1.165, 1.54) is 0 Å². The molecule has 28 heavy (non-hydrogen) atoms. The number of halogens is 16. The van der Waals surface area contributed by atoms with Crippen LogP contribution in [0.4, 0.5) is 70.2 Å². The minimum Gasteiger partial charge on any atom is -0.384 e. The third kappa shape index (κ3) is 3.07. The fourth-order valence-corrected chi connectivity index (χ4v) is 1.52. The number of hydrogen-bond donors (Lipinski definition) is 1. The van der Waals surface area contributed by atoms with E-state index in [2.05, 4.69) is 0 Å². The molecule has 0 fully saturated rings. The van der Waals surface area contributed by atoms with Gasteiger partial charge in [0.05, 0.1) is 0 Å². The first-order valence-electron chi connectivity index (χ1n) is 6.34. The standard InChI is InChI=1S/C11H8F16O/c1-4(2,28)6(16,17)8(20,21)10(24,25)11(26,27)9(22,23)7(18,19)5(14,15)3(12)13/h3,28H,1-2H3. The highest BCUT2D eigenvalue weighted by atomic mass is 19.4. The van der Waals surface area contributed by atoms with E-state index in [0.29, 0.717) is 0 Å². The molecule has 1 nitrogen and oxygen atoms in total. The van der Waals surface area contributed by atoms with Gasteiger partial charge in [0.1, 0.15) is 5.60 Å². The molecule has 0 rings (SSSR count). The maximum Gasteiger partial charge on any atom is 0.385 e. The summed E-state index contributed by atoms with van der Waals surface area (Å²) >= 11 is 0. The molecular weight excluding hydrogens is 452 g/mol. The molecule has 0 radical (unpaired) electrons. The lowest BCUT2D eigenvalue weighted by Gasteiger charge is -2.44. The van der Waals surface area contributed by atoms with Crippen LogP contribution in [0.3, 0.4) is 0 Å². The second-order valence-corrected chi connectivity index (χ2v) is 5.93. The predicted molar refractivity (Wildman–Crippen MR) is 56.9 cm³/mol. The molecule has 0 saturated carbocycles. The van der Waals surface area contributed by atoms with Crippen LogP contribution in [0.2, 0.25) is 0 Å². The van der Waals surface area contributed by atoms with Crippen LogP contribution < -0.4 is 0 Å². The number of hydrogen-bond acceptors (Lipinski definition) is 1. The predicted octanol–water partition coefficient (Wildman–Crippen LogP) is 5.47. The summed E-state index contributed by atoms with van der Waals surface area (Å²) in [6.07, 6.45) is -5.88. The van der Waals surface area contributed by atoms with Crippen LogP contribution in [0.15, 0.2) is 0 Å². The molecule has 0 saturated heterocycles. The first-order chi connectivity index (χ1) is 11.7. The molecule has 0 atom stereocenters. The molecule has 17 heteroatoms. The average Bonchev–Trinajstić information content (AvgIpc) is 2.44. The van der Waals surface area contributed by atoms with Crippen molar-refractivity contribution in [2.45, 2.75) is 67.3 Å². The van der Waals surface area contributed by atoms with Crippen molar-refractivity contribution >= 4 is 0 Å². The summed E-state index contributed by atoms with van der Waals surface area (Å²) in [5.41, 5.74) is -4.36. The Hall–Kier alpha value is -1.16. The lowest BCUT2D eigenvalue weighted by molar-refractivity contribution is -0.453. The highest BCUT2D eigenvalue weighted by Gasteiger charge is 2.94. The quantitative estimate of drug-likeness (QED) is 0.477. The van der Waals surface area contributed by atoms with E-state index >= 15 is 0 Å². The van der Waals surface area contributed by atoms with Gasteiger partial charge >= 0.3 is 47.9 Å². The Balaban J connectivity index is 6.72. The first-order valence-corrected chi connectivity index (χ1v) is 6.34. The fraction of sp³-hybridized carbons (Fsp3) is 1.00. The van der Waals surface area contributed by atoms with Gasteiger partial charge in [-0.1, -0.05) is 0 Å². The van der Waals surface area contributed by atoms with Gasteiger partial charge < -0.3 is 5.11 Å². The molecule has 0 aliphatic rings. The summed E-state index contributed by atoms with van der Waals surface area (Å²) in [4.78, 5) is 0. The van der Waals surface area contributed by atoms with Crippen LogP contribution in [-0.2, 0) is 0 Å². The molecule has 0 aromatic rings. The van der Waals surface area contributed by atoms with Gasteiger partial charge in [0.25, 0.3) is 0 Å². The van der Waals surface area contributed by atoms with Gasteiger partial charge in [-0.2, -0.15) is 61.5 Å². The van der Waals surface area contributed by atoms with Crippen LogP contribution in [0.5, 0.6) is 0 Å². The lowest BCUT2D eigenvalue weighted by atomic mass is 9.84. The second kappa shape index (κ2) is 6.42. The topological polar surface area (TPSA) is 20.2 Å². The van der Waals surface area contributed by atoms with Crippen molar-refractivity contribution in [2.75, 3.05) is 0 Å². The summed E-state index contributed by atoms with van der Waals surface area (Å²) in [6, 6.07) is 0. The van der Waals surface area contributed by atoms with Gasteiger partial charge in [-0.3, -0.25) is 0 Å². The Morgan fingerprint density at radius 2 is 0.679 bits per heavy atom.